The van der Waals surface area contributed by atoms with E-state index in [0.717, 1.165) is 19.5 Å². The molecule has 0 fully saturated rings. The van der Waals surface area contributed by atoms with Crippen molar-refractivity contribution in [3.63, 3.8) is 0 Å². The zero-order valence-corrected chi connectivity index (χ0v) is 15.4. The van der Waals surface area contributed by atoms with Gasteiger partial charge >= 0.3 is 0 Å². The lowest BCUT2D eigenvalue weighted by Gasteiger charge is -2.35. The lowest BCUT2D eigenvalue weighted by molar-refractivity contribution is -0.0173. The standard InChI is InChI=1S/C24H27NO/c1-2-26-24(22-14-8-4-9-15-22,23-16-10-5-11-17-23)18-19-25-20-21-12-6-3-7-13-21/h3-17,25H,2,18-20H2,1H3. The van der Waals surface area contributed by atoms with Gasteiger partial charge in [-0.25, -0.2) is 0 Å². The van der Waals surface area contributed by atoms with Gasteiger partial charge < -0.3 is 10.1 Å². The van der Waals surface area contributed by atoms with Crippen molar-refractivity contribution >= 4 is 0 Å². The molecule has 1 N–H and O–H groups in total. The van der Waals surface area contributed by atoms with E-state index in [-0.39, 0.29) is 0 Å². The highest BCUT2D eigenvalue weighted by Gasteiger charge is 2.34. The first-order valence-corrected chi connectivity index (χ1v) is 9.35. The molecule has 0 unspecified atom stereocenters. The number of benzene rings is 3. The summed E-state index contributed by atoms with van der Waals surface area (Å²) in [5.41, 5.74) is 3.28. The van der Waals surface area contributed by atoms with Crippen molar-refractivity contribution in [2.24, 2.45) is 0 Å². The van der Waals surface area contributed by atoms with Crippen molar-refractivity contribution in [1.82, 2.24) is 5.32 Å². The Hall–Kier alpha value is -2.42. The summed E-state index contributed by atoms with van der Waals surface area (Å²) < 4.78 is 6.41. The van der Waals surface area contributed by atoms with E-state index in [1.54, 1.807) is 0 Å². The van der Waals surface area contributed by atoms with Crippen LogP contribution in [0.1, 0.15) is 30.0 Å². The topological polar surface area (TPSA) is 21.3 Å². The van der Waals surface area contributed by atoms with Gasteiger partial charge in [-0.2, -0.15) is 0 Å². The fraction of sp³-hybridized carbons (Fsp3) is 0.250. The molecule has 0 aliphatic carbocycles. The van der Waals surface area contributed by atoms with Crippen LogP contribution in [0.2, 0.25) is 0 Å². The summed E-state index contributed by atoms with van der Waals surface area (Å²) in [6.45, 7) is 4.48. The number of ether oxygens (including phenoxy) is 1. The van der Waals surface area contributed by atoms with Crippen molar-refractivity contribution in [3.05, 3.63) is 108 Å². The molecule has 0 heterocycles. The minimum atomic E-state index is -0.430. The average molecular weight is 345 g/mol. The molecule has 0 aliphatic rings. The zero-order valence-electron chi connectivity index (χ0n) is 15.4. The maximum absolute atomic E-state index is 6.41. The summed E-state index contributed by atoms with van der Waals surface area (Å²) >= 11 is 0. The SMILES string of the molecule is CCOC(CCNCc1ccccc1)(c1ccccc1)c1ccccc1. The van der Waals surface area contributed by atoms with Gasteiger partial charge in [-0.3, -0.25) is 0 Å². The maximum atomic E-state index is 6.41. The van der Waals surface area contributed by atoms with Gasteiger partial charge in [0.05, 0.1) is 0 Å². The largest absolute Gasteiger partial charge is 0.366 e. The van der Waals surface area contributed by atoms with Crippen molar-refractivity contribution in [1.29, 1.82) is 0 Å². The Morgan fingerprint density at radius 3 is 1.73 bits per heavy atom. The molecule has 26 heavy (non-hydrogen) atoms. The molecular formula is C24H27NO. The summed E-state index contributed by atoms with van der Waals surface area (Å²) in [5.74, 6) is 0. The van der Waals surface area contributed by atoms with Gasteiger partial charge in [0.15, 0.2) is 0 Å². The van der Waals surface area contributed by atoms with Crippen molar-refractivity contribution in [2.75, 3.05) is 13.2 Å². The molecule has 3 aromatic carbocycles. The predicted molar refractivity (Wildman–Crippen MR) is 108 cm³/mol. The van der Waals surface area contributed by atoms with E-state index in [9.17, 15) is 0 Å². The highest BCUT2D eigenvalue weighted by atomic mass is 16.5. The lowest BCUT2D eigenvalue weighted by atomic mass is 9.83. The third-order valence-electron chi connectivity index (χ3n) is 4.70. The van der Waals surface area contributed by atoms with E-state index in [0.29, 0.717) is 6.61 Å². The van der Waals surface area contributed by atoms with Gasteiger partial charge in [0, 0.05) is 13.2 Å². The first-order valence-electron chi connectivity index (χ1n) is 9.35. The van der Waals surface area contributed by atoms with Crippen LogP contribution in [0, 0.1) is 0 Å². The smallest absolute Gasteiger partial charge is 0.119 e. The Bertz CT molecular complexity index is 716. The van der Waals surface area contributed by atoms with Gasteiger partial charge in [0.2, 0.25) is 0 Å². The van der Waals surface area contributed by atoms with Crippen LogP contribution in [0.5, 0.6) is 0 Å². The number of hydrogen-bond acceptors (Lipinski definition) is 2. The Kier molecular flexibility index (Phi) is 6.59. The van der Waals surface area contributed by atoms with E-state index >= 15 is 0 Å². The molecule has 0 spiro atoms. The highest BCUT2D eigenvalue weighted by molar-refractivity contribution is 5.36. The second kappa shape index (κ2) is 9.33. The molecule has 0 radical (unpaired) electrons. The maximum Gasteiger partial charge on any atom is 0.119 e. The summed E-state index contributed by atoms with van der Waals surface area (Å²) in [6, 6.07) is 31.6. The minimum Gasteiger partial charge on any atom is -0.366 e. The molecule has 0 aliphatic heterocycles. The van der Waals surface area contributed by atoms with E-state index in [4.69, 9.17) is 4.74 Å². The van der Waals surface area contributed by atoms with E-state index in [1.807, 2.05) is 0 Å². The molecule has 0 amide bonds. The summed E-state index contributed by atoms with van der Waals surface area (Å²) in [7, 11) is 0. The fourth-order valence-electron chi connectivity index (χ4n) is 3.45. The third kappa shape index (κ3) is 4.40. The monoisotopic (exact) mass is 345 g/mol. The third-order valence-corrected chi connectivity index (χ3v) is 4.70. The van der Waals surface area contributed by atoms with E-state index in [1.165, 1.54) is 16.7 Å². The lowest BCUT2D eigenvalue weighted by Crippen LogP contribution is -2.35. The molecule has 134 valence electrons. The quantitative estimate of drug-likeness (QED) is 0.542. The van der Waals surface area contributed by atoms with Crippen LogP contribution in [0.15, 0.2) is 91.0 Å². The molecule has 0 aromatic heterocycles. The molecule has 0 bridgehead atoms. The second-order valence-corrected chi connectivity index (χ2v) is 6.40. The first-order chi connectivity index (χ1) is 12.8. The Labute approximate surface area is 156 Å². The summed E-state index contributed by atoms with van der Waals surface area (Å²) in [4.78, 5) is 0. The number of hydrogen-bond donors (Lipinski definition) is 1. The van der Waals surface area contributed by atoms with Crippen molar-refractivity contribution < 1.29 is 4.74 Å². The highest BCUT2D eigenvalue weighted by Crippen LogP contribution is 2.36. The Morgan fingerprint density at radius 1 is 0.731 bits per heavy atom. The van der Waals surface area contributed by atoms with Gasteiger partial charge in [-0.1, -0.05) is 91.0 Å². The second-order valence-electron chi connectivity index (χ2n) is 6.40. The van der Waals surface area contributed by atoms with Crippen LogP contribution in [0.4, 0.5) is 0 Å². The van der Waals surface area contributed by atoms with E-state index < -0.39 is 5.60 Å². The normalized spacial score (nSPS) is 11.4. The van der Waals surface area contributed by atoms with Crippen LogP contribution in [-0.4, -0.2) is 13.2 Å². The molecule has 2 nitrogen and oxygen atoms in total. The molecular weight excluding hydrogens is 318 g/mol. The van der Waals surface area contributed by atoms with Crippen molar-refractivity contribution in [3.8, 4) is 0 Å². The van der Waals surface area contributed by atoms with Crippen LogP contribution in [0.3, 0.4) is 0 Å². The van der Waals surface area contributed by atoms with Crippen LogP contribution < -0.4 is 5.32 Å². The predicted octanol–water partition coefficient (Wildman–Crippen LogP) is 5.15. The molecule has 2 heteroatoms. The van der Waals surface area contributed by atoms with Crippen LogP contribution in [-0.2, 0) is 16.9 Å². The first kappa shape index (κ1) is 18.4. The summed E-state index contributed by atoms with van der Waals surface area (Å²) in [6.07, 6.45) is 0.877. The molecule has 0 saturated heterocycles. The Morgan fingerprint density at radius 2 is 1.23 bits per heavy atom. The van der Waals surface area contributed by atoms with Crippen molar-refractivity contribution in [2.45, 2.75) is 25.5 Å². The molecule has 0 saturated carbocycles. The van der Waals surface area contributed by atoms with Gasteiger partial charge in [-0.15, -0.1) is 0 Å². The number of rotatable bonds is 9. The van der Waals surface area contributed by atoms with Crippen LogP contribution in [0.25, 0.3) is 0 Å². The molecule has 3 aromatic rings. The Balaban J connectivity index is 1.80. The minimum absolute atomic E-state index is 0.430. The average Bonchev–Trinajstić information content (AvgIpc) is 2.72. The fourth-order valence-corrected chi connectivity index (χ4v) is 3.45. The molecule has 0 atom stereocenters. The van der Waals surface area contributed by atoms with Gasteiger partial charge in [0.25, 0.3) is 0 Å². The van der Waals surface area contributed by atoms with E-state index in [2.05, 4.69) is 103 Å². The van der Waals surface area contributed by atoms with Crippen LogP contribution >= 0.6 is 0 Å². The van der Waals surface area contributed by atoms with Gasteiger partial charge in [-0.05, 0) is 36.6 Å². The summed E-state index contributed by atoms with van der Waals surface area (Å²) in [5, 5.41) is 3.57. The number of nitrogens with one attached hydrogen (secondary N) is 1. The van der Waals surface area contributed by atoms with Gasteiger partial charge in [0.1, 0.15) is 5.60 Å². The zero-order chi connectivity index (χ0) is 18.1. The molecule has 3 rings (SSSR count).